The highest BCUT2D eigenvalue weighted by molar-refractivity contribution is 6.44. The Bertz CT molecular complexity index is 398. The van der Waals surface area contributed by atoms with E-state index in [-0.39, 0.29) is 5.71 Å². The Morgan fingerprint density at radius 3 is 2.33 bits per heavy atom. The van der Waals surface area contributed by atoms with Gasteiger partial charge in [-0.2, -0.15) is 0 Å². The largest absolute Gasteiger partial charge is 0.364 e. The molecular weight excluding hydrogens is 196 g/mol. The zero-order chi connectivity index (χ0) is 11.3. The van der Waals surface area contributed by atoms with Gasteiger partial charge in [0.1, 0.15) is 0 Å². The fraction of sp³-hybridized carbons (Fsp3) is 0.100. The molecule has 15 heavy (non-hydrogen) atoms. The van der Waals surface area contributed by atoms with Crippen molar-refractivity contribution in [1.82, 2.24) is 0 Å². The van der Waals surface area contributed by atoms with Crippen LogP contribution in [0.4, 0.5) is 0 Å². The summed E-state index contributed by atoms with van der Waals surface area (Å²) in [5, 5.41) is 3.39. The van der Waals surface area contributed by atoms with Crippen LogP contribution in [0.2, 0.25) is 0 Å². The minimum atomic E-state index is -0.748. The number of nitrogens with two attached hydrogens (primary N) is 1. The molecule has 0 atom stereocenters. The van der Waals surface area contributed by atoms with Gasteiger partial charge in [-0.15, -0.1) is 0 Å². The SMILES string of the molecule is CC(=O)O/N=C(\C(N)=O)c1ccccc1. The predicted octanol–water partition coefficient (Wildman–Crippen LogP) is 0.439. The van der Waals surface area contributed by atoms with Gasteiger partial charge in [-0.25, -0.2) is 4.79 Å². The molecule has 0 fully saturated rings. The molecule has 0 aromatic heterocycles. The van der Waals surface area contributed by atoms with Gasteiger partial charge in [0.05, 0.1) is 0 Å². The van der Waals surface area contributed by atoms with E-state index in [2.05, 4.69) is 9.99 Å². The van der Waals surface area contributed by atoms with E-state index in [1.165, 1.54) is 6.92 Å². The second kappa shape index (κ2) is 4.90. The van der Waals surface area contributed by atoms with Crippen molar-refractivity contribution in [1.29, 1.82) is 0 Å². The highest BCUT2D eigenvalue weighted by Gasteiger charge is 2.11. The lowest BCUT2D eigenvalue weighted by atomic mass is 10.1. The number of oxime groups is 1. The molecule has 0 heterocycles. The van der Waals surface area contributed by atoms with Crippen molar-refractivity contribution in [2.75, 3.05) is 0 Å². The first kappa shape index (κ1) is 10.9. The lowest BCUT2D eigenvalue weighted by Crippen LogP contribution is -2.24. The zero-order valence-corrected chi connectivity index (χ0v) is 8.14. The van der Waals surface area contributed by atoms with Crippen LogP contribution in [0, 0.1) is 0 Å². The molecule has 1 aromatic rings. The number of hydrogen-bond acceptors (Lipinski definition) is 4. The van der Waals surface area contributed by atoms with Crippen LogP contribution in [0.3, 0.4) is 0 Å². The molecule has 0 radical (unpaired) electrons. The summed E-state index contributed by atoms with van der Waals surface area (Å²) in [6.07, 6.45) is 0. The van der Waals surface area contributed by atoms with E-state index in [0.717, 1.165) is 0 Å². The third-order valence-corrected chi connectivity index (χ3v) is 1.55. The van der Waals surface area contributed by atoms with Crippen molar-refractivity contribution in [2.24, 2.45) is 10.9 Å². The molecule has 5 heteroatoms. The molecule has 2 N–H and O–H groups in total. The van der Waals surface area contributed by atoms with E-state index < -0.39 is 11.9 Å². The third kappa shape index (κ3) is 3.22. The van der Waals surface area contributed by atoms with Gasteiger partial charge in [0, 0.05) is 12.5 Å². The molecule has 0 bridgehead atoms. The van der Waals surface area contributed by atoms with E-state index in [9.17, 15) is 9.59 Å². The number of carbonyl (C=O) groups excluding carboxylic acids is 2. The topological polar surface area (TPSA) is 81.8 Å². The summed E-state index contributed by atoms with van der Waals surface area (Å²) in [5.74, 6) is -1.35. The Morgan fingerprint density at radius 2 is 1.87 bits per heavy atom. The molecule has 0 aliphatic rings. The van der Waals surface area contributed by atoms with E-state index in [1.807, 2.05) is 0 Å². The lowest BCUT2D eigenvalue weighted by Gasteiger charge is -2.00. The van der Waals surface area contributed by atoms with Crippen LogP contribution < -0.4 is 5.73 Å². The number of rotatable bonds is 3. The molecule has 78 valence electrons. The van der Waals surface area contributed by atoms with Crippen molar-refractivity contribution in [3.63, 3.8) is 0 Å². The summed E-state index contributed by atoms with van der Waals surface area (Å²) in [5.41, 5.74) is 5.52. The lowest BCUT2D eigenvalue weighted by molar-refractivity contribution is -0.140. The highest BCUT2D eigenvalue weighted by atomic mass is 16.7. The maximum atomic E-state index is 11.0. The Hall–Kier alpha value is -2.17. The number of nitrogens with zero attached hydrogens (tertiary/aromatic N) is 1. The maximum absolute atomic E-state index is 11.0. The number of benzene rings is 1. The Labute approximate surface area is 86.5 Å². The standard InChI is InChI=1S/C10H10N2O3/c1-7(13)15-12-9(10(11)14)8-5-3-2-4-6-8/h2-6H,1H3,(H2,11,14)/b12-9-. The Kier molecular flexibility index (Phi) is 3.56. The van der Waals surface area contributed by atoms with E-state index in [1.54, 1.807) is 30.3 Å². The highest BCUT2D eigenvalue weighted by Crippen LogP contribution is 2.01. The predicted molar refractivity (Wildman–Crippen MR) is 53.9 cm³/mol. The van der Waals surface area contributed by atoms with Gasteiger partial charge in [-0.05, 0) is 0 Å². The van der Waals surface area contributed by atoms with Crippen molar-refractivity contribution in [2.45, 2.75) is 6.92 Å². The van der Waals surface area contributed by atoms with Crippen LogP contribution >= 0.6 is 0 Å². The average molecular weight is 206 g/mol. The summed E-state index contributed by atoms with van der Waals surface area (Å²) >= 11 is 0. The first-order valence-corrected chi connectivity index (χ1v) is 4.22. The Balaban J connectivity index is 2.99. The second-order valence-electron chi connectivity index (χ2n) is 2.75. The molecule has 1 aromatic carbocycles. The smallest absolute Gasteiger partial charge is 0.332 e. The minimum absolute atomic E-state index is 0.0780. The van der Waals surface area contributed by atoms with Gasteiger partial charge in [-0.3, -0.25) is 4.79 Å². The van der Waals surface area contributed by atoms with E-state index >= 15 is 0 Å². The van der Waals surface area contributed by atoms with Crippen molar-refractivity contribution >= 4 is 17.6 Å². The minimum Gasteiger partial charge on any atom is -0.364 e. The summed E-state index contributed by atoms with van der Waals surface area (Å²) in [6.45, 7) is 1.19. The summed E-state index contributed by atoms with van der Waals surface area (Å²) < 4.78 is 0. The van der Waals surface area contributed by atoms with Gasteiger partial charge in [-0.1, -0.05) is 35.5 Å². The Morgan fingerprint density at radius 1 is 1.27 bits per heavy atom. The van der Waals surface area contributed by atoms with Gasteiger partial charge < -0.3 is 10.6 Å². The van der Waals surface area contributed by atoms with Crippen LogP contribution in [0.1, 0.15) is 12.5 Å². The van der Waals surface area contributed by atoms with Gasteiger partial charge in [0.25, 0.3) is 5.91 Å². The fourth-order valence-electron chi connectivity index (χ4n) is 0.946. The molecular formula is C10H10N2O3. The summed E-state index contributed by atoms with van der Waals surface area (Å²) in [4.78, 5) is 25.9. The summed E-state index contributed by atoms with van der Waals surface area (Å²) in [6, 6.07) is 8.53. The van der Waals surface area contributed by atoms with Crippen LogP contribution in [-0.2, 0) is 14.4 Å². The van der Waals surface area contributed by atoms with Crippen LogP contribution in [0.15, 0.2) is 35.5 Å². The van der Waals surface area contributed by atoms with Crippen LogP contribution in [0.5, 0.6) is 0 Å². The normalized spacial score (nSPS) is 10.9. The molecule has 0 spiro atoms. The van der Waals surface area contributed by atoms with Gasteiger partial charge in [0.2, 0.25) is 0 Å². The molecule has 0 unspecified atom stereocenters. The monoisotopic (exact) mass is 206 g/mol. The first-order chi connectivity index (χ1) is 7.11. The second-order valence-corrected chi connectivity index (χ2v) is 2.75. The van der Waals surface area contributed by atoms with Crippen molar-refractivity contribution < 1.29 is 14.4 Å². The van der Waals surface area contributed by atoms with E-state index in [0.29, 0.717) is 5.56 Å². The molecule has 1 rings (SSSR count). The van der Waals surface area contributed by atoms with Crippen LogP contribution in [-0.4, -0.2) is 17.6 Å². The molecule has 1 amide bonds. The molecule has 0 aliphatic heterocycles. The number of primary amides is 1. The molecule has 0 saturated heterocycles. The van der Waals surface area contributed by atoms with Crippen LogP contribution in [0.25, 0.3) is 0 Å². The van der Waals surface area contributed by atoms with Crippen molar-refractivity contribution in [3.8, 4) is 0 Å². The summed E-state index contributed by atoms with van der Waals surface area (Å²) in [7, 11) is 0. The van der Waals surface area contributed by atoms with Gasteiger partial charge in [0.15, 0.2) is 5.71 Å². The third-order valence-electron chi connectivity index (χ3n) is 1.55. The molecule has 5 nitrogen and oxygen atoms in total. The fourth-order valence-corrected chi connectivity index (χ4v) is 0.946. The first-order valence-electron chi connectivity index (χ1n) is 4.22. The number of hydrogen-bond donors (Lipinski definition) is 1. The number of carbonyl (C=O) groups is 2. The van der Waals surface area contributed by atoms with Crippen molar-refractivity contribution in [3.05, 3.63) is 35.9 Å². The maximum Gasteiger partial charge on any atom is 0.332 e. The average Bonchev–Trinajstić information content (AvgIpc) is 2.18. The van der Waals surface area contributed by atoms with E-state index in [4.69, 9.17) is 5.73 Å². The molecule has 0 saturated carbocycles. The zero-order valence-electron chi connectivity index (χ0n) is 8.14. The van der Waals surface area contributed by atoms with Gasteiger partial charge >= 0.3 is 5.97 Å². The quantitative estimate of drug-likeness (QED) is 0.442. The number of amides is 1. The molecule has 0 aliphatic carbocycles.